The Morgan fingerprint density at radius 3 is 2.48 bits per heavy atom. The summed E-state index contributed by atoms with van der Waals surface area (Å²) in [6.45, 7) is 4.77. The van der Waals surface area contributed by atoms with Gasteiger partial charge >= 0.3 is 11.8 Å². The van der Waals surface area contributed by atoms with Gasteiger partial charge in [0, 0.05) is 32.0 Å². The van der Waals surface area contributed by atoms with Gasteiger partial charge in [-0.2, -0.15) is 0 Å². The van der Waals surface area contributed by atoms with E-state index in [1.54, 1.807) is 6.92 Å². The molecule has 116 valence electrons. The third-order valence-corrected chi connectivity index (χ3v) is 3.91. The highest BCUT2D eigenvalue weighted by molar-refractivity contribution is 6.35. The highest BCUT2D eigenvalue weighted by atomic mass is 16.2. The van der Waals surface area contributed by atoms with Crippen molar-refractivity contribution in [2.75, 3.05) is 26.2 Å². The van der Waals surface area contributed by atoms with Crippen LogP contribution in [0.3, 0.4) is 0 Å². The largest absolute Gasteiger partial charge is 0.353 e. The van der Waals surface area contributed by atoms with E-state index in [1.165, 1.54) is 12.8 Å². The molecule has 6 heteroatoms. The lowest BCUT2D eigenvalue weighted by Crippen LogP contribution is -2.44. The van der Waals surface area contributed by atoms with E-state index < -0.39 is 11.8 Å². The first-order valence-electron chi connectivity index (χ1n) is 7.54. The van der Waals surface area contributed by atoms with E-state index in [9.17, 15) is 9.59 Å². The molecule has 2 amide bonds. The summed E-state index contributed by atoms with van der Waals surface area (Å²) < 4.78 is 2.07. The molecule has 0 aromatic carbocycles. The van der Waals surface area contributed by atoms with Gasteiger partial charge in [-0.3, -0.25) is 14.5 Å². The molecular weight excluding hydrogens is 268 g/mol. The van der Waals surface area contributed by atoms with Crippen molar-refractivity contribution in [1.82, 2.24) is 20.1 Å². The van der Waals surface area contributed by atoms with E-state index in [0.29, 0.717) is 13.1 Å². The molecule has 1 aromatic rings. The monoisotopic (exact) mass is 292 g/mol. The van der Waals surface area contributed by atoms with Crippen molar-refractivity contribution in [1.29, 1.82) is 0 Å². The number of hydrogen-bond donors (Lipinski definition) is 2. The Kier molecular flexibility index (Phi) is 5.38. The van der Waals surface area contributed by atoms with Crippen molar-refractivity contribution in [3.8, 4) is 0 Å². The maximum absolute atomic E-state index is 11.8. The number of amides is 2. The maximum Gasteiger partial charge on any atom is 0.309 e. The van der Waals surface area contributed by atoms with E-state index in [1.807, 2.05) is 19.3 Å². The van der Waals surface area contributed by atoms with Crippen LogP contribution >= 0.6 is 0 Å². The normalized spacial score (nSPS) is 16.7. The zero-order valence-corrected chi connectivity index (χ0v) is 12.8. The molecule has 1 aliphatic heterocycles. The molecule has 0 unspecified atom stereocenters. The van der Waals surface area contributed by atoms with Crippen molar-refractivity contribution in [2.24, 2.45) is 7.05 Å². The topological polar surface area (TPSA) is 66.4 Å². The quantitative estimate of drug-likeness (QED) is 0.773. The number of rotatable bonds is 5. The number of hydrogen-bond acceptors (Lipinski definition) is 3. The van der Waals surface area contributed by atoms with Gasteiger partial charge in [-0.15, -0.1) is 0 Å². The Bertz CT molecular complexity index is 492. The summed E-state index contributed by atoms with van der Waals surface area (Å²) in [4.78, 5) is 25.6. The summed E-state index contributed by atoms with van der Waals surface area (Å²) >= 11 is 0. The molecule has 1 fully saturated rings. The van der Waals surface area contributed by atoms with E-state index in [0.717, 1.165) is 18.8 Å². The van der Waals surface area contributed by atoms with Crippen LogP contribution in [0.15, 0.2) is 18.3 Å². The standard InChI is InChI=1S/C15H24N4O2/c1-3-16-14(20)15(21)17-11-13(19-9-4-5-10-19)12-7-6-8-18(12)2/h6-8,13H,3-5,9-11H2,1-2H3,(H,16,20)(H,17,21)/t13-/m1/s1. The maximum atomic E-state index is 11.8. The average molecular weight is 292 g/mol. The third kappa shape index (κ3) is 3.85. The van der Waals surface area contributed by atoms with Crippen LogP contribution in [0, 0.1) is 0 Å². The minimum Gasteiger partial charge on any atom is -0.353 e. The van der Waals surface area contributed by atoms with Crippen LogP contribution < -0.4 is 10.6 Å². The Morgan fingerprint density at radius 1 is 1.24 bits per heavy atom. The van der Waals surface area contributed by atoms with E-state index >= 15 is 0 Å². The van der Waals surface area contributed by atoms with Gasteiger partial charge in [0.25, 0.3) is 0 Å². The molecule has 0 spiro atoms. The molecule has 1 aromatic heterocycles. The van der Waals surface area contributed by atoms with Gasteiger partial charge in [0.15, 0.2) is 0 Å². The lowest BCUT2D eigenvalue weighted by Gasteiger charge is -2.28. The molecule has 0 aliphatic carbocycles. The summed E-state index contributed by atoms with van der Waals surface area (Å²) in [6.07, 6.45) is 4.38. The smallest absolute Gasteiger partial charge is 0.309 e. The summed E-state index contributed by atoms with van der Waals surface area (Å²) in [6, 6.07) is 4.19. The summed E-state index contributed by atoms with van der Waals surface area (Å²) in [5, 5.41) is 5.27. The van der Waals surface area contributed by atoms with Crippen LogP contribution in [0.2, 0.25) is 0 Å². The van der Waals surface area contributed by atoms with Crippen LogP contribution in [-0.4, -0.2) is 47.5 Å². The predicted molar refractivity (Wildman–Crippen MR) is 80.7 cm³/mol. The Balaban J connectivity index is 2.01. The first-order chi connectivity index (χ1) is 10.1. The predicted octanol–water partition coefficient (Wildman–Crippen LogP) is 0.414. The van der Waals surface area contributed by atoms with Gasteiger partial charge in [0.1, 0.15) is 0 Å². The number of likely N-dealkylation sites (tertiary alicyclic amines) is 1. The van der Waals surface area contributed by atoms with Gasteiger partial charge in [0.05, 0.1) is 6.04 Å². The van der Waals surface area contributed by atoms with Crippen molar-refractivity contribution in [3.05, 3.63) is 24.0 Å². The molecule has 6 nitrogen and oxygen atoms in total. The fourth-order valence-corrected chi connectivity index (χ4v) is 2.80. The fraction of sp³-hybridized carbons (Fsp3) is 0.600. The number of carbonyl (C=O) groups is 2. The number of aryl methyl sites for hydroxylation is 1. The number of likely N-dealkylation sites (N-methyl/N-ethyl adjacent to an activating group) is 1. The van der Waals surface area contributed by atoms with Crippen LogP contribution in [0.5, 0.6) is 0 Å². The van der Waals surface area contributed by atoms with Gasteiger partial charge in [-0.05, 0) is 45.0 Å². The summed E-state index contributed by atoms with van der Waals surface area (Å²) in [5.74, 6) is -1.13. The second-order valence-corrected chi connectivity index (χ2v) is 5.37. The second-order valence-electron chi connectivity index (χ2n) is 5.37. The molecule has 2 N–H and O–H groups in total. The SMILES string of the molecule is CCNC(=O)C(=O)NC[C@H](c1cccn1C)N1CCCC1. The molecule has 0 saturated carbocycles. The third-order valence-electron chi connectivity index (χ3n) is 3.91. The van der Waals surface area contributed by atoms with Crippen molar-refractivity contribution < 1.29 is 9.59 Å². The molecule has 21 heavy (non-hydrogen) atoms. The molecule has 2 rings (SSSR count). The lowest BCUT2D eigenvalue weighted by atomic mass is 10.1. The molecule has 1 atom stereocenters. The minimum atomic E-state index is -0.565. The van der Waals surface area contributed by atoms with Gasteiger partial charge < -0.3 is 15.2 Å². The van der Waals surface area contributed by atoms with E-state index in [-0.39, 0.29) is 6.04 Å². The van der Waals surface area contributed by atoms with Crippen LogP contribution in [-0.2, 0) is 16.6 Å². The zero-order valence-electron chi connectivity index (χ0n) is 12.8. The molecule has 0 radical (unpaired) electrons. The molecule has 0 bridgehead atoms. The fourth-order valence-electron chi connectivity index (χ4n) is 2.80. The number of aromatic nitrogens is 1. The highest BCUT2D eigenvalue weighted by Gasteiger charge is 2.26. The van der Waals surface area contributed by atoms with Crippen molar-refractivity contribution >= 4 is 11.8 Å². The van der Waals surface area contributed by atoms with Crippen LogP contribution in [0.25, 0.3) is 0 Å². The Morgan fingerprint density at radius 2 is 1.90 bits per heavy atom. The van der Waals surface area contributed by atoms with Crippen molar-refractivity contribution in [2.45, 2.75) is 25.8 Å². The van der Waals surface area contributed by atoms with E-state index in [2.05, 4.69) is 26.2 Å². The number of nitrogens with zero attached hydrogens (tertiary/aromatic N) is 2. The van der Waals surface area contributed by atoms with Gasteiger partial charge in [0.2, 0.25) is 0 Å². The Hall–Kier alpha value is -1.82. The first-order valence-corrected chi connectivity index (χ1v) is 7.54. The lowest BCUT2D eigenvalue weighted by molar-refractivity contribution is -0.139. The number of nitrogens with one attached hydrogen (secondary N) is 2. The van der Waals surface area contributed by atoms with Crippen LogP contribution in [0.1, 0.15) is 31.5 Å². The molecular formula is C15H24N4O2. The van der Waals surface area contributed by atoms with Gasteiger partial charge in [-0.25, -0.2) is 0 Å². The first kappa shape index (κ1) is 15.6. The highest BCUT2D eigenvalue weighted by Crippen LogP contribution is 2.24. The molecule has 1 aliphatic rings. The van der Waals surface area contributed by atoms with E-state index in [4.69, 9.17) is 0 Å². The van der Waals surface area contributed by atoms with Gasteiger partial charge in [-0.1, -0.05) is 0 Å². The Labute approximate surface area is 125 Å². The molecule has 2 heterocycles. The number of carbonyl (C=O) groups excluding carboxylic acids is 2. The summed E-state index contributed by atoms with van der Waals surface area (Å²) in [5.41, 5.74) is 1.16. The van der Waals surface area contributed by atoms with Crippen LogP contribution in [0.4, 0.5) is 0 Å². The van der Waals surface area contributed by atoms with Crippen molar-refractivity contribution in [3.63, 3.8) is 0 Å². The average Bonchev–Trinajstić information content (AvgIpc) is 3.12. The summed E-state index contributed by atoms with van der Waals surface area (Å²) in [7, 11) is 2.00. The minimum absolute atomic E-state index is 0.117. The molecule has 1 saturated heterocycles. The second kappa shape index (κ2) is 7.26. The zero-order chi connectivity index (χ0) is 15.2.